The molecule has 3 aromatic carbocycles. The molecular weight excluding hydrogens is 376 g/mol. The van der Waals surface area contributed by atoms with Crippen molar-refractivity contribution in [3.8, 4) is 5.75 Å². The highest BCUT2D eigenvalue weighted by molar-refractivity contribution is 9.10. The maximum absolute atomic E-state index is 13.0. The van der Waals surface area contributed by atoms with E-state index in [2.05, 4.69) is 28.1 Å². The van der Waals surface area contributed by atoms with Crippen LogP contribution in [0.1, 0.15) is 21.5 Å². The molecule has 0 aromatic heterocycles. The van der Waals surface area contributed by atoms with Gasteiger partial charge < -0.3 is 5.11 Å². The lowest BCUT2D eigenvalue weighted by Crippen LogP contribution is -2.20. The van der Waals surface area contributed by atoms with Crippen LogP contribution in [0.25, 0.3) is 0 Å². The molecular formula is C22H19BrO2. The van der Waals surface area contributed by atoms with Crippen molar-refractivity contribution in [2.75, 3.05) is 0 Å². The van der Waals surface area contributed by atoms with Crippen molar-refractivity contribution < 1.29 is 9.90 Å². The van der Waals surface area contributed by atoms with E-state index in [4.69, 9.17) is 0 Å². The van der Waals surface area contributed by atoms with Gasteiger partial charge in [0.25, 0.3) is 0 Å². The molecule has 0 aliphatic rings. The molecule has 126 valence electrons. The number of hydrogen-bond acceptors (Lipinski definition) is 2. The van der Waals surface area contributed by atoms with Gasteiger partial charge in [-0.2, -0.15) is 0 Å². The van der Waals surface area contributed by atoms with Gasteiger partial charge in [-0.25, -0.2) is 0 Å². The first-order chi connectivity index (χ1) is 12.1. The summed E-state index contributed by atoms with van der Waals surface area (Å²) in [4.78, 5) is 13.0. The first kappa shape index (κ1) is 17.4. The Kier molecular flexibility index (Phi) is 5.67. The van der Waals surface area contributed by atoms with Crippen molar-refractivity contribution in [2.45, 2.75) is 12.8 Å². The zero-order valence-electron chi connectivity index (χ0n) is 13.7. The van der Waals surface area contributed by atoms with Crippen LogP contribution in [-0.4, -0.2) is 10.9 Å². The molecule has 0 spiro atoms. The molecule has 0 radical (unpaired) electrons. The lowest BCUT2D eigenvalue weighted by Gasteiger charge is -2.17. The molecule has 0 fully saturated rings. The highest BCUT2D eigenvalue weighted by Gasteiger charge is 2.21. The Hall–Kier alpha value is -2.39. The number of carbonyl (C=O) groups excluding carboxylic acids is 1. The Morgan fingerprint density at radius 2 is 1.36 bits per heavy atom. The molecule has 3 rings (SSSR count). The second-order valence-electron chi connectivity index (χ2n) is 6.13. The number of aromatic hydroxyl groups is 1. The molecule has 0 aliphatic heterocycles. The van der Waals surface area contributed by atoms with Gasteiger partial charge in [0.1, 0.15) is 5.75 Å². The van der Waals surface area contributed by atoms with Gasteiger partial charge in [0, 0.05) is 16.0 Å². The zero-order chi connectivity index (χ0) is 17.6. The Labute approximate surface area is 156 Å². The molecule has 0 bridgehead atoms. The molecule has 2 nitrogen and oxygen atoms in total. The molecule has 0 aliphatic carbocycles. The third kappa shape index (κ3) is 4.80. The summed E-state index contributed by atoms with van der Waals surface area (Å²) >= 11 is 3.45. The standard InChI is InChI=1S/C22H19BrO2/c23-20-10-6-17(7-11-20)15-19(14-16-4-2-1-3-5-16)22(25)18-8-12-21(24)13-9-18/h1-13,19,24H,14-15H2. The SMILES string of the molecule is O=C(c1ccc(O)cc1)C(Cc1ccccc1)Cc1ccc(Br)cc1. The molecule has 3 heteroatoms. The van der Waals surface area contributed by atoms with Crippen LogP contribution in [-0.2, 0) is 12.8 Å². The van der Waals surface area contributed by atoms with E-state index in [1.807, 2.05) is 42.5 Å². The maximum Gasteiger partial charge on any atom is 0.166 e. The van der Waals surface area contributed by atoms with Crippen molar-refractivity contribution in [3.63, 3.8) is 0 Å². The molecule has 0 heterocycles. The fraction of sp³-hybridized carbons (Fsp3) is 0.136. The van der Waals surface area contributed by atoms with Gasteiger partial charge in [0.15, 0.2) is 5.78 Å². The van der Waals surface area contributed by atoms with Crippen LogP contribution in [0.15, 0.2) is 83.3 Å². The first-order valence-corrected chi connectivity index (χ1v) is 9.03. The first-order valence-electron chi connectivity index (χ1n) is 8.23. The Balaban J connectivity index is 1.86. The lowest BCUT2D eigenvalue weighted by molar-refractivity contribution is 0.0918. The molecule has 0 saturated carbocycles. The van der Waals surface area contributed by atoms with E-state index in [0.717, 1.165) is 15.6 Å². The smallest absolute Gasteiger partial charge is 0.166 e. The average Bonchev–Trinajstić information content (AvgIpc) is 2.64. The van der Waals surface area contributed by atoms with Crippen molar-refractivity contribution in [2.24, 2.45) is 5.92 Å². The van der Waals surface area contributed by atoms with Gasteiger partial charge in [-0.05, 0) is 60.4 Å². The van der Waals surface area contributed by atoms with Gasteiger partial charge in [0.05, 0.1) is 0 Å². The van der Waals surface area contributed by atoms with Crippen molar-refractivity contribution >= 4 is 21.7 Å². The highest BCUT2D eigenvalue weighted by Crippen LogP contribution is 2.22. The summed E-state index contributed by atoms with van der Waals surface area (Å²) in [5, 5.41) is 9.46. The van der Waals surface area contributed by atoms with E-state index in [9.17, 15) is 9.90 Å². The number of phenolic OH excluding ortho intramolecular Hbond substituents is 1. The average molecular weight is 395 g/mol. The Morgan fingerprint density at radius 1 is 0.800 bits per heavy atom. The fourth-order valence-corrected chi connectivity index (χ4v) is 3.19. The van der Waals surface area contributed by atoms with Crippen LogP contribution >= 0.6 is 15.9 Å². The number of hydrogen-bond donors (Lipinski definition) is 1. The van der Waals surface area contributed by atoms with Crippen LogP contribution < -0.4 is 0 Å². The molecule has 25 heavy (non-hydrogen) atoms. The van der Waals surface area contributed by atoms with Crippen LogP contribution in [0.5, 0.6) is 5.75 Å². The third-order valence-electron chi connectivity index (χ3n) is 4.24. The summed E-state index contributed by atoms with van der Waals surface area (Å²) in [7, 11) is 0. The summed E-state index contributed by atoms with van der Waals surface area (Å²) in [6.45, 7) is 0. The molecule has 0 amide bonds. The van der Waals surface area contributed by atoms with E-state index in [-0.39, 0.29) is 17.5 Å². The number of Topliss-reactive ketones (excluding diaryl/α,β-unsaturated/α-hetero) is 1. The summed E-state index contributed by atoms with van der Waals surface area (Å²) in [6, 6.07) is 24.7. The number of halogens is 1. The number of ketones is 1. The molecule has 1 unspecified atom stereocenters. The van der Waals surface area contributed by atoms with Crippen molar-refractivity contribution in [1.82, 2.24) is 0 Å². The Morgan fingerprint density at radius 3 is 1.96 bits per heavy atom. The molecule has 3 aromatic rings. The van der Waals surface area contributed by atoms with Gasteiger partial charge >= 0.3 is 0 Å². The highest BCUT2D eigenvalue weighted by atomic mass is 79.9. The molecule has 1 atom stereocenters. The monoisotopic (exact) mass is 394 g/mol. The van der Waals surface area contributed by atoms with Crippen molar-refractivity contribution in [3.05, 3.63) is 100 Å². The number of phenols is 1. The fourth-order valence-electron chi connectivity index (χ4n) is 2.92. The maximum atomic E-state index is 13.0. The van der Waals surface area contributed by atoms with Gasteiger partial charge in [0.2, 0.25) is 0 Å². The summed E-state index contributed by atoms with van der Waals surface area (Å²) in [6.07, 6.45) is 1.37. The van der Waals surface area contributed by atoms with E-state index in [0.29, 0.717) is 18.4 Å². The van der Waals surface area contributed by atoms with Crippen LogP contribution in [0.3, 0.4) is 0 Å². The van der Waals surface area contributed by atoms with Gasteiger partial charge in [-0.15, -0.1) is 0 Å². The van der Waals surface area contributed by atoms with Gasteiger partial charge in [-0.1, -0.05) is 58.4 Å². The normalized spacial score (nSPS) is 11.9. The van der Waals surface area contributed by atoms with Crippen LogP contribution in [0.2, 0.25) is 0 Å². The summed E-state index contributed by atoms with van der Waals surface area (Å²) in [5.74, 6) is 0.129. The number of benzene rings is 3. The zero-order valence-corrected chi connectivity index (χ0v) is 15.3. The van der Waals surface area contributed by atoms with E-state index in [1.54, 1.807) is 24.3 Å². The molecule has 0 saturated heterocycles. The predicted molar refractivity (Wildman–Crippen MR) is 104 cm³/mol. The summed E-state index contributed by atoms with van der Waals surface area (Å²) in [5.41, 5.74) is 2.92. The summed E-state index contributed by atoms with van der Waals surface area (Å²) < 4.78 is 1.03. The second kappa shape index (κ2) is 8.13. The number of carbonyl (C=O) groups is 1. The second-order valence-corrected chi connectivity index (χ2v) is 7.04. The minimum atomic E-state index is -0.145. The van der Waals surface area contributed by atoms with Gasteiger partial charge in [-0.3, -0.25) is 4.79 Å². The number of rotatable bonds is 6. The van der Waals surface area contributed by atoms with Crippen LogP contribution in [0, 0.1) is 5.92 Å². The third-order valence-corrected chi connectivity index (χ3v) is 4.77. The topological polar surface area (TPSA) is 37.3 Å². The van der Waals surface area contributed by atoms with Crippen molar-refractivity contribution in [1.29, 1.82) is 0 Å². The lowest BCUT2D eigenvalue weighted by atomic mass is 9.86. The largest absolute Gasteiger partial charge is 0.508 e. The van der Waals surface area contributed by atoms with E-state index in [1.165, 1.54) is 0 Å². The van der Waals surface area contributed by atoms with E-state index < -0.39 is 0 Å². The van der Waals surface area contributed by atoms with Crippen LogP contribution in [0.4, 0.5) is 0 Å². The Bertz CT molecular complexity index is 824. The van der Waals surface area contributed by atoms with E-state index >= 15 is 0 Å². The minimum Gasteiger partial charge on any atom is -0.508 e. The molecule has 1 N–H and O–H groups in total. The minimum absolute atomic E-state index is 0.103. The predicted octanol–water partition coefficient (Wildman–Crippen LogP) is 5.44. The quantitative estimate of drug-likeness (QED) is 0.565.